The summed E-state index contributed by atoms with van der Waals surface area (Å²) >= 11 is 1.68. The third kappa shape index (κ3) is 5.21. The summed E-state index contributed by atoms with van der Waals surface area (Å²) in [7, 11) is 0. The van der Waals surface area contributed by atoms with E-state index in [9.17, 15) is 10.1 Å². The molecule has 2 aromatic rings. The number of nitrogens with zero attached hydrogens (tertiary/aromatic N) is 1. The Balaban J connectivity index is 1.68. The molecule has 3 rings (SSSR count). The smallest absolute Gasteiger partial charge is 0.235 e. The van der Waals surface area contributed by atoms with E-state index < -0.39 is 5.54 Å². The van der Waals surface area contributed by atoms with Crippen LogP contribution in [0.4, 0.5) is 0 Å². The zero-order valence-electron chi connectivity index (χ0n) is 16.9. The van der Waals surface area contributed by atoms with E-state index in [1.54, 1.807) is 11.3 Å². The number of hydrogen-bond donors (Lipinski definition) is 2. The van der Waals surface area contributed by atoms with Crippen molar-refractivity contribution in [3.8, 4) is 6.07 Å². The predicted octanol–water partition coefficient (Wildman–Crippen LogP) is 4.43. The molecule has 148 valence electrons. The van der Waals surface area contributed by atoms with E-state index in [1.165, 1.54) is 10.4 Å². The Bertz CT molecular complexity index is 819. The molecule has 1 aromatic heterocycles. The molecular weight excluding hydrogens is 366 g/mol. The highest BCUT2D eigenvalue weighted by Gasteiger charge is 2.42. The first-order chi connectivity index (χ1) is 13.4. The molecule has 0 radical (unpaired) electrons. The van der Waals surface area contributed by atoms with E-state index in [1.807, 2.05) is 13.0 Å². The van der Waals surface area contributed by atoms with Crippen LogP contribution in [0.25, 0.3) is 0 Å². The molecule has 0 spiro atoms. The second-order valence-electron chi connectivity index (χ2n) is 8.31. The number of benzene rings is 1. The number of nitriles is 1. The summed E-state index contributed by atoms with van der Waals surface area (Å²) in [4.78, 5) is 13.7. The van der Waals surface area contributed by atoms with Gasteiger partial charge in [-0.25, -0.2) is 0 Å². The summed E-state index contributed by atoms with van der Waals surface area (Å²) < 4.78 is 0. The average molecular weight is 396 g/mol. The van der Waals surface area contributed by atoms with Gasteiger partial charge in [0.1, 0.15) is 5.54 Å². The third-order valence-electron chi connectivity index (χ3n) is 5.28. The molecule has 1 amide bonds. The molecule has 1 fully saturated rings. The Hall–Kier alpha value is -2.16. The molecule has 2 atom stereocenters. The number of rotatable bonds is 9. The maximum atomic E-state index is 12.5. The van der Waals surface area contributed by atoms with Gasteiger partial charge < -0.3 is 5.32 Å². The normalized spacial score (nSPS) is 17.0. The summed E-state index contributed by atoms with van der Waals surface area (Å²) in [6.45, 7) is 6.45. The van der Waals surface area contributed by atoms with Crippen LogP contribution in [0.1, 0.15) is 55.7 Å². The van der Waals surface area contributed by atoms with Gasteiger partial charge in [-0.05, 0) is 60.6 Å². The fourth-order valence-electron chi connectivity index (χ4n) is 3.57. The summed E-state index contributed by atoms with van der Waals surface area (Å²) in [6.07, 6.45) is 3.09. The fourth-order valence-corrected chi connectivity index (χ4v) is 4.39. The Morgan fingerprint density at radius 3 is 2.54 bits per heavy atom. The van der Waals surface area contributed by atoms with Crippen LogP contribution in [0.5, 0.6) is 0 Å². The highest BCUT2D eigenvalue weighted by Crippen LogP contribution is 2.39. The van der Waals surface area contributed by atoms with Crippen LogP contribution >= 0.6 is 11.3 Å². The molecule has 5 heteroatoms. The van der Waals surface area contributed by atoms with Crippen molar-refractivity contribution in [3.63, 3.8) is 0 Å². The molecular formula is C23H29N3OS. The van der Waals surface area contributed by atoms with Gasteiger partial charge in [-0.3, -0.25) is 10.1 Å². The fraction of sp³-hybridized carbons (Fsp3) is 0.478. The van der Waals surface area contributed by atoms with Gasteiger partial charge >= 0.3 is 0 Å². The van der Waals surface area contributed by atoms with Crippen molar-refractivity contribution >= 4 is 17.2 Å². The molecule has 0 aliphatic heterocycles. The summed E-state index contributed by atoms with van der Waals surface area (Å²) in [6, 6.07) is 15.0. The molecule has 0 saturated heterocycles. The molecule has 1 saturated carbocycles. The monoisotopic (exact) mass is 395 g/mol. The number of carbonyl (C=O) groups excluding carboxylic acids is 1. The molecule has 1 heterocycles. The van der Waals surface area contributed by atoms with Gasteiger partial charge in [0.15, 0.2) is 0 Å². The number of thiophene rings is 1. The highest BCUT2D eigenvalue weighted by molar-refractivity contribution is 7.10. The van der Waals surface area contributed by atoms with E-state index >= 15 is 0 Å². The van der Waals surface area contributed by atoms with Gasteiger partial charge in [-0.2, -0.15) is 5.26 Å². The SMILES string of the molecule is CC(C)Cc1ccc([C@H](NCC(=O)N[C@@](C)(C#N)C2CC2)c2cccs2)cc1. The number of nitrogens with one attached hydrogen (secondary N) is 2. The zero-order valence-corrected chi connectivity index (χ0v) is 17.7. The second-order valence-corrected chi connectivity index (χ2v) is 9.28. The number of amides is 1. The van der Waals surface area contributed by atoms with Crippen molar-refractivity contribution in [2.75, 3.05) is 6.54 Å². The first-order valence-corrected chi connectivity index (χ1v) is 10.9. The first kappa shape index (κ1) is 20.6. The molecule has 28 heavy (non-hydrogen) atoms. The van der Waals surface area contributed by atoms with Gasteiger partial charge in [0.2, 0.25) is 5.91 Å². The lowest BCUT2D eigenvalue weighted by atomic mass is 9.97. The highest BCUT2D eigenvalue weighted by atomic mass is 32.1. The molecule has 0 bridgehead atoms. The van der Waals surface area contributed by atoms with E-state index in [4.69, 9.17) is 0 Å². The number of carbonyl (C=O) groups is 1. The molecule has 1 aromatic carbocycles. The van der Waals surface area contributed by atoms with Crippen molar-refractivity contribution in [1.29, 1.82) is 5.26 Å². The van der Waals surface area contributed by atoms with Crippen LogP contribution in [-0.4, -0.2) is 18.0 Å². The summed E-state index contributed by atoms with van der Waals surface area (Å²) in [5.41, 5.74) is 1.72. The predicted molar refractivity (Wildman–Crippen MR) is 114 cm³/mol. The summed E-state index contributed by atoms with van der Waals surface area (Å²) in [5, 5.41) is 17.8. The van der Waals surface area contributed by atoms with Gasteiger partial charge in [0.25, 0.3) is 0 Å². The van der Waals surface area contributed by atoms with Crippen LogP contribution in [0.15, 0.2) is 41.8 Å². The lowest BCUT2D eigenvalue weighted by Crippen LogP contribution is -2.49. The number of hydrogen-bond acceptors (Lipinski definition) is 4. The molecule has 2 N–H and O–H groups in total. The van der Waals surface area contributed by atoms with Crippen LogP contribution in [0, 0.1) is 23.2 Å². The Morgan fingerprint density at radius 2 is 2.00 bits per heavy atom. The topological polar surface area (TPSA) is 64.9 Å². The maximum absolute atomic E-state index is 12.5. The van der Waals surface area contributed by atoms with Crippen LogP contribution in [0.2, 0.25) is 0 Å². The third-order valence-corrected chi connectivity index (χ3v) is 6.21. The van der Waals surface area contributed by atoms with Gasteiger partial charge in [-0.15, -0.1) is 11.3 Å². The first-order valence-electron chi connectivity index (χ1n) is 9.99. The summed E-state index contributed by atoms with van der Waals surface area (Å²) in [5.74, 6) is 0.777. The largest absolute Gasteiger partial charge is 0.337 e. The van der Waals surface area contributed by atoms with Crippen LogP contribution < -0.4 is 10.6 Å². The minimum Gasteiger partial charge on any atom is -0.337 e. The maximum Gasteiger partial charge on any atom is 0.235 e. The average Bonchev–Trinajstić information content (AvgIpc) is 3.40. The van der Waals surface area contributed by atoms with Gasteiger partial charge in [0, 0.05) is 4.88 Å². The quantitative estimate of drug-likeness (QED) is 0.660. The lowest BCUT2D eigenvalue weighted by molar-refractivity contribution is -0.121. The van der Waals surface area contributed by atoms with Crippen molar-refractivity contribution in [1.82, 2.24) is 10.6 Å². The van der Waals surface area contributed by atoms with E-state index in [0.717, 1.165) is 24.8 Å². The second kappa shape index (κ2) is 8.89. The molecule has 1 aliphatic rings. The zero-order chi connectivity index (χ0) is 20.1. The van der Waals surface area contributed by atoms with Crippen molar-refractivity contribution in [2.45, 2.75) is 51.6 Å². The van der Waals surface area contributed by atoms with Crippen LogP contribution in [0.3, 0.4) is 0 Å². The standard InChI is InChI=1S/C23H29N3OS/c1-16(2)13-17-6-8-18(9-7-17)22(20-5-4-12-28-20)25-14-21(27)26-23(3,15-24)19-10-11-19/h4-9,12,16,19,22,25H,10-11,13-14H2,1-3H3,(H,26,27)/t22-,23-/m0/s1. The Morgan fingerprint density at radius 1 is 1.29 bits per heavy atom. The Kier molecular flexibility index (Phi) is 6.53. The molecule has 0 unspecified atom stereocenters. The van der Waals surface area contributed by atoms with Crippen molar-refractivity contribution < 1.29 is 4.79 Å². The molecule has 1 aliphatic carbocycles. The lowest BCUT2D eigenvalue weighted by Gasteiger charge is -2.24. The minimum absolute atomic E-state index is 0.0342. The van der Waals surface area contributed by atoms with Crippen molar-refractivity contribution in [3.05, 3.63) is 57.8 Å². The minimum atomic E-state index is -0.754. The van der Waals surface area contributed by atoms with E-state index in [-0.39, 0.29) is 24.4 Å². The molecule has 4 nitrogen and oxygen atoms in total. The Labute approximate surface area is 172 Å². The van der Waals surface area contributed by atoms with Crippen molar-refractivity contribution in [2.24, 2.45) is 11.8 Å². The van der Waals surface area contributed by atoms with Gasteiger partial charge in [-0.1, -0.05) is 44.2 Å². The van der Waals surface area contributed by atoms with E-state index in [2.05, 4.69) is 66.3 Å². The van der Waals surface area contributed by atoms with Crippen LogP contribution in [-0.2, 0) is 11.2 Å². The van der Waals surface area contributed by atoms with Gasteiger partial charge in [0.05, 0.1) is 18.7 Å². The van der Waals surface area contributed by atoms with E-state index in [0.29, 0.717) is 5.92 Å².